The molecule has 1 unspecified atom stereocenters. The minimum Gasteiger partial charge on any atom is -0.348 e. The first-order chi connectivity index (χ1) is 11.7. The number of fused-ring (bicyclic) bond motifs is 1. The van der Waals surface area contributed by atoms with Crippen molar-refractivity contribution in [2.45, 2.75) is 12.5 Å². The molecule has 1 aromatic carbocycles. The van der Waals surface area contributed by atoms with Gasteiger partial charge in [0, 0.05) is 18.0 Å². The van der Waals surface area contributed by atoms with Crippen LogP contribution in [0.1, 0.15) is 16.8 Å². The fraction of sp³-hybridized carbons (Fsp3) is 0.263. The molecule has 1 fully saturated rings. The number of hydrogen-bond donors (Lipinski definition) is 1. The zero-order valence-electron chi connectivity index (χ0n) is 13.5. The number of amides is 1. The van der Waals surface area contributed by atoms with Gasteiger partial charge in [0.05, 0.1) is 21.7 Å². The van der Waals surface area contributed by atoms with Crippen molar-refractivity contribution in [1.29, 1.82) is 0 Å². The predicted molar refractivity (Wildman–Crippen MR) is 98.4 cm³/mol. The quantitative estimate of drug-likeness (QED) is 0.797. The lowest BCUT2D eigenvalue weighted by Gasteiger charge is -2.14. The molecule has 4 nitrogen and oxygen atoms in total. The first-order valence-corrected chi connectivity index (χ1v) is 9.02. The molecule has 24 heavy (non-hydrogen) atoms. The van der Waals surface area contributed by atoms with Gasteiger partial charge in [0.25, 0.3) is 5.91 Å². The molecule has 0 bridgehead atoms. The Morgan fingerprint density at radius 1 is 1.29 bits per heavy atom. The Hall–Kier alpha value is -2.24. The molecule has 0 spiro atoms. The lowest BCUT2D eigenvalue weighted by molar-refractivity contribution is 0.0940. The standard InChI is InChI=1S/C19H19N3OS/c1-22-9-8-13(12-22)20-19(23)15-11-17(18-7-4-10-24-18)21-16-6-3-2-5-14(15)16/h2-7,10-11,13H,8-9,12H2,1H3,(H,20,23). The molecule has 1 amide bonds. The number of likely N-dealkylation sites (tertiary alicyclic amines) is 1. The Balaban J connectivity index is 1.74. The minimum absolute atomic E-state index is 0.00768. The Kier molecular flexibility index (Phi) is 4.04. The average molecular weight is 337 g/mol. The number of aromatic nitrogens is 1. The molecule has 0 saturated carbocycles. The maximum absolute atomic E-state index is 12.9. The number of pyridine rings is 1. The summed E-state index contributed by atoms with van der Waals surface area (Å²) in [6, 6.07) is 14.0. The van der Waals surface area contributed by atoms with Gasteiger partial charge in [-0.15, -0.1) is 11.3 Å². The Morgan fingerprint density at radius 3 is 2.92 bits per heavy atom. The van der Waals surface area contributed by atoms with Gasteiger partial charge in [0.2, 0.25) is 0 Å². The summed E-state index contributed by atoms with van der Waals surface area (Å²) in [5, 5.41) is 6.12. The van der Waals surface area contributed by atoms with Crippen LogP contribution in [0.3, 0.4) is 0 Å². The summed E-state index contributed by atoms with van der Waals surface area (Å²) < 4.78 is 0. The lowest BCUT2D eigenvalue weighted by atomic mass is 10.1. The van der Waals surface area contributed by atoms with Crippen LogP contribution in [0, 0.1) is 0 Å². The normalized spacial score (nSPS) is 18.1. The number of thiophene rings is 1. The number of hydrogen-bond acceptors (Lipinski definition) is 4. The van der Waals surface area contributed by atoms with Crippen molar-refractivity contribution < 1.29 is 4.79 Å². The molecule has 2 aromatic heterocycles. The summed E-state index contributed by atoms with van der Waals surface area (Å²) >= 11 is 1.64. The van der Waals surface area contributed by atoms with Crippen molar-refractivity contribution in [1.82, 2.24) is 15.2 Å². The molecule has 3 heterocycles. The zero-order valence-corrected chi connectivity index (χ0v) is 14.3. The van der Waals surface area contributed by atoms with Gasteiger partial charge in [0.15, 0.2) is 0 Å². The molecule has 1 atom stereocenters. The Morgan fingerprint density at radius 2 is 2.17 bits per heavy atom. The second-order valence-corrected chi connectivity index (χ2v) is 7.22. The zero-order chi connectivity index (χ0) is 16.5. The fourth-order valence-corrected chi connectivity index (χ4v) is 3.92. The largest absolute Gasteiger partial charge is 0.348 e. The van der Waals surface area contributed by atoms with Crippen LogP contribution in [0.15, 0.2) is 47.8 Å². The summed E-state index contributed by atoms with van der Waals surface area (Å²) in [6.07, 6.45) is 1.00. The fourth-order valence-electron chi connectivity index (χ4n) is 3.23. The van der Waals surface area contributed by atoms with Crippen LogP contribution < -0.4 is 5.32 Å². The molecule has 122 valence electrons. The topological polar surface area (TPSA) is 45.2 Å². The van der Waals surface area contributed by atoms with Crippen molar-refractivity contribution in [3.63, 3.8) is 0 Å². The van der Waals surface area contributed by atoms with Gasteiger partial charge in [-0.05, 0) is 43.6 Å². The number of nitrogens with zero attached hydrogens (tertiary/aromatic N) is 2. The molecule has 1 saturated heterocycles. The first kappa shape index (κ1) is 15.3. The van der Waals surface area contributed by atoms with Gasteiger partial charge in [-0.1, -0.05) is 24.3 Å². The van der Waals surface area contributed by atoms with Crippen LogP contribution in [0.4, 0.5) is 0 Å². The maximum atomic E-state index is 12.9. The minimum atomic E-state index is -0.00768. The van der Waals surface area contributed by atoms with Crippen LogP contribution in [-0.2, 0) is 0 Å². The lowest BCUT2D eigenvalue weighted by Crippen LogP contribution is -2.36. The van der Waals surface area contributed by atoms with Gasteiger partial charge in [0.1, 0.15) is 0 Å². The SMILES string of the molecule is CN1CCC(NC(=O)c2cc(-c3cccs3)nc3ccccc23)C1. The van der Waals surface area contributed by atoms with E-state index in [0.29, 0.717) is 5.56 Å². The number of para-hydroxylation sites is 1. The van der Waals surface area contributed by atoms with Gasteiger partial charge >= 0.3 is 0 Å². The maximum Gasteiger partial charge on any atom is 0.252 e. The second kappa shape index (κ2) is 6.34. The van der Waals surface area contributed by atoms with Crippen LogP contribution in [-0.4, -0.2) is 42.0 Å². The van der Waals surface area contributed by atoms with Crippen molar-refractivity contribution in [3.05, 3.63) is 53.4 Å². The van der Waals surface area contributed by atoms with Crippen LogP contribution >= 0.6 is 11.3 Å². The van der Waals surface area contributed by atoms with Crippen LogP contribution in [0.2, 0.25) is 0 Å². The van der Waals surface area contributed by atoms with E-state index in [4.69, 9.17) is 4.98 Å². The van der Waals surface area contributed by atoms with Gasteiger partial charge in [-0.2, -0.15) is 0 Å². The van der Waals surface area contributed by atoms with E-state index >= 15 is 0 Å². The molecular weight excluding hydrogens is 318 g/mol. The molecular formula is C19H19N3OS. The van der Waals surface area contributed by atoms with Crippen LogP contribution in [0.5, 0.6) is 0 Å². The van der Waals surface area contributed by atoms with E-state index in [1.54, 1.807) is 11.3 Å². The molecule has 0 aliphatic carbocycles. The van der Waals surface area contributed by atoms with E-state index in [0.717, 1.165) is 41.0 Å². The molecule has 1 aliphatic heterocycles. The highest BCUT2D eigenvalue weighted by molar-refractivity contribution is 7.13. The highest BCUT2D eigenvalue weighted by Gasteiger charge is 2.23. The van der Waals surface area contributed by atoms with Gasteiger partial charge < -0.3 is 10.2 Å². The third-order valence-corrected chi connectivity index (χ3v) is 5.35. The third-order valence-electron chi connectivity index (χ3n) is 4.46. The number of benzene rings is 1. The molecule has 0 radical (unpaired) electrons. The molecule has 4 rings (SSSR count). The summed E-state index contributed by atoms with van der Waals surface area (Å²) in [5.74, 6) is -0.00768. The highest BCUT2D eigenvalue weighted by atomic mass is 32.1. The highest BCUT2D eigenvalue weighted by Crippen LogP contribution is 2.28. The van der Waals surface area contributed by atoms with E-state index in [1.807, 2.05) is 47.8 Å². The summed E-state index contributed by atoms with van der Waals surface area (Å²) in [6.45, 7) is 1.94. The molecule has 5 heteroatoms. The van der Waals surface area contributed by atoms with Gasteiger partial charge in [-0.3, -0.25) is 4.79 Å². The predicted octanol–water partition coefficient (Wildman–Crippen LogP) is 3.40. The third kappa shape index (κ3) is 2.92. The molecule has 3 aromatic rings. The summed E-state index contributed by atoms with van der Waals surface area (Å²) in [7, 11) is 2.09. The monoisotopic (exact) mass is 337 g/mol. The van der Waals surface area contributed by atoms with Crippen molar-refractivity contribution in [3.8, 4) is 10.6 Å². The number of carbonyl (C=O) groups excluding carboxylic acids is 1. The number of likely N-dealkylation sites (N-methyl/N-ethyl adjacent to an activating group) is 1. The Labute approximate surface area is 145 Å². The number of carbonyl (C=O) groups is 1. The van der Waals surface area contributed by atoms with Crippen molar-refractivity contribution >= 4 is 28.1 Å². The number of nitrogens with one attached hydrogen (secondary N) is 1. The second-order valence-electron chi connectivity index (χ2n) is 6.27. The van der Waals surface area contributed by atoms with E-state index in [9.17, 15) is 4.79 Å². The average Bonchev–Trinajstić information content (AvgIpc) is 3.25. The smallest absolute Gasteiger partial charge is 0.252 e. The van der Waals surface area contributed by atoms with Gasteiger partial charge in [-0.25, -0.2) is 4.98 Å². The molecule has 1 N–H and O–H groups in total. The summed E-state index contributed by atoms with van der Waals surface area (Å²) in [4.78, 5) is 20.9. The Bertz CT molecular complexity index is 875. The summed E-state index contributed by atoms with van der Waals surface area (Å²) in [5.41, 5.74) is 2.42. The van der Waals surface area contributed by atoms with Crippen LogP contribution in [0.25, 0.3) is 21.5 Å². The van der Waals surface area contributed by atoms with E-state index < -0.39 is 0 Å². The van der Waals surface area contributed by atoms with E-state index in [1.165, 1.54) is 0 Å². The first-order valence-electron chi connectivity index (χ1n) is 8.14. The van der Waals surface area contributed by atoms with Crippen molar-refractivity contribution in [2.75, 3.05) is 20.1 Å². The van der Waals surface area contributed by atoms with E-state index in [-0.39, 0.29) is 11.9 Å². The molecule has 1 aliphatic rings. The van der Waals surface area contributed by atoms with Crippen molar-refractivity contribution in [2.24, 2.45) is 0 Å². The van der Waals surface area contributed by atoms with E-state index in [2.05, 4.69) is 17.3 Å². The number of rotatable bonds is 3.